The highest BCUT2D eigenvalue weighted by molar-refractivity contribution is 6.31. The highest BCUT2D eigenvalue weighted by Crippen LogP contribution is 2.18. The smallest absolute Gasteiger partial charge is 0.477 e. The SMILES string of the molecule is C[N+](C)=C(n1nnc2ccc(Cl)cc21)[N+](C)(C)[O-]. The largest absolute Gasteiger partial charge is 0.622 e. The molecule has 0 bridgehead atoms. The second-order valence-electron chi connectivity index (χ2n) is 4.68. The molecule has 0 fully saturated rings. The quantitative estimate of drug-likeness (QED) is 0.237. The molecule has 0 atom stereocenters. The van der Waals surface area contributed by atoms with Gasteiger partial charge in [-0.2, -0.15) is 0 Å². The highest BCUT2D eigenvalue weighted by atomic mass is 35.5. The Morgan fingerprint density at radius 3 is 2.61 bits per heavy atom. The molecule has 1 heterocycles. The zero-order valence-electron chi connectivity index (χ0n) is 10.8. The Morgan fingerprint density at radius 2 is 2.06 bits per heavy atom. The van der Waals surface area contributed by atoms with E-state index in [4.69, 9.17) is 11.6 Å². The Hall–Kier alpha value is -1.50. The number of benzene rings is 1. The summed E-state index contributed by atoms with van der Waals surface area (Å²) < 4.78 is 2.63. The summed E-state index contributed by atoms with van der Waals surface area (Å²) >= 11 is 5.97. The van der Waals surface area contributed by atoms with Crippen LogP contribution in [0, 0.1) is 5.21 Å². The molecule has 0 unspecified atom stereocenters. The zero-order chi connectivity index (χ0) is 13.5. The second kappa shape index (κ2) is 4.31. The van der Waals surface area contributed by atoms with Crippen LogP contribution in [0.15, 0.2) is 18.2 Å². The topological polar surface area (TPSA) is 56.8 Å². The second-order valence-corrected chi connectivity index (χ2v) is 5.12. The molecule has 0 N–H and O–H groups in total. The Bertz CT molecular complexity index is 622. The standard InChI is InChI=1S/C11H15ClN5O/c1-15(2)11(17(3,4)18)16-10-7-8(12)5-6-9(10)13-14-16/h5-7H,1-4H3/q+1. The minimum Gasteiger partial charge on any atom is -0.622 e. The fourth-order valence-corrected chi connectivity index (χ4v) is 2.11. The lowest BCUT2D eigenvalue weighted by Crippen LogP contribution is -2.48. The number of hydrogen-bond acceptors (Lipinski definition) is 3. The predicted octanol–water partition coefficient (Wildman–Crippen LogP) is 1.14. The van der Waals surface area contributed by atoms with Gasteiger partial charge in [0.15, 0.2) is 5.52 Å². The fourth-order valence-electron chi connectivity index (χ4n) is 1.94. The first-order chi connectivity index (χ1) is 8.30. The molecule has 0 amide bonds. The Morgan fingerprint density at radius 1 is 1.39 bits per heavy atom. The van der Waals surface area contributed by atoms with Gasteiger partial charge in [0.25, 0.3) is 0 Å². The highest BCUT2D eigenvalue weighted by Gasteiger charge is 2.30. The van der Waals surface area contributed by atoms with Gasteiger partial charge in [0, 0.05) is 16.3 Å². The number of rotatable bonds is 0. The summed E-state index contributed by atoms with van der Waals surface area (Å²) in [6, 6.07) is 5.27. The minimum atomic E-state index is -0.613. The van der Waals surface area contributed by atoms with Gasteiger partial charge in [-0.1, -0.05) is 11.6 Å². The maximum atomic E-state index is 12.2. The molecular formula is C11H15ClN5O+. The molecule has 0 aliphatic carbocycles. The fraction of sp³-hybridized carbons (Fsp3) is 0.364. The molecule has 0 spiro atoms. The maximum absolute atomic E-state index is 12.2. The van der Waals surface area contributed by atoms with Crippen LogP contribution in [0.5, 0.6) is 0 Å². The van der Waals surface area contributed by atoms with E-state index in [9.17, 15) is 5.21 Å². The predicted molar refractivity (Wildman–Crippen MR) is 70.5 cm³/mol. The molecule has 1 aromatic carbocycles. The molecule has 96 valence electrons. The van der Waals surface area contributed by atoms with E-state index in [1.54, 1.807) is 36.9 Å². The zero-order valence-corrected chi connectivity index (χ0v) is 11.5. The molecule has 0 radical (unpaired) electrons. The van der Waals surface area contributed by atoms with Crippen LogP contribution in [0.4, 0.5) is 0 Å². The van der Waals surface area contributed by atoms with Gasteiger partial charge in [-0.3, -0.25) is 4.65 Å². The van der Waals surface area contributed by atoms with Gasteiger partial charge < -0.3 is 5.21 Å². The molecule has 2 aromatic rings. The minimum absolute atomic E-state index is 0.458. The summed E-state index contributed by atoms with van der Waals surface area (Å²) in [5, 5.41) is 20.9. The number of nitrogens with zero attached hydrogens (tertiary/aromatic N) is 5. The van der Waals surface area contributed by atoms with E-state index in [2.05, 4.69) is 10.3 Å². The normalized spacial score (nSPS) is 11.9. The third kappa shape index (κ3) is 2.22. The number of fused-ring (bicyclic) bond motifs is 1. The van der Waals surface area contributed by atoms with Crippen LogP contribution in [0.2, 0.25) is 5.02 Å². The lowest BCUT2D eigenvalue weighted by Gasteiger charge is -2.28. The average Bonchev–Trinajstić information content (AvgIpc) is 2.59. The third-order valence-corrected chi connectivity index (χ3v) is 2.71. The van der Waals surface area contributed by atoms with Gasteiger partial charge in [0.2, 0.25) is 0 Å². The number of quaternary nitrogens is 1. The van der Waals surface area contributed by atoms with E-state index < -0.39 is 4.65 Å². The van der Waals surface area contributed by atoms with Gasteiger partial charge in [-0.05, 0) is 16.8 Å². The number of halogens is 1. The summed E-state index contributed by atoms with van der Waals surface area (Å²) in [7, 11) is 6.66. The number of aromatic nitrogens is 3. The van der Waals surface area contributed by atoms with Crippen LogP contribution in [-0.2, 0) is 0 Å². The van der Waals surface area contributed by atoms with Crippen molar-refractivity contribution in [1.29, 1.82) is 0 Å². The van der Waals surface area contributed by atoms with Crippen LogP contribution in [0.1, 0.15) is 0 Å². The summed E-state index contributed by atoms with van der Waals surface area (Å²) in [5.41, 5.74) is 1.42. The summed E-state index contributed by atoms with van der Waals surface area (Å²) in [6.07, 6.45) is 0. The maximum Gasteiger partial charge on any atom is 0.477 e. The lowest BCUT2D eigenvalue weighted by atomic mass is 10.3. The molecule has 0 aliphatic heterocycles. The van der Waals surface area contributed by atoms with Crippen LogP contribution in [-0.4, -0.2) is 58.4 Å². The van der Waals surface area contributed by atoms with Gasteiger partial charge in [0.1, 0.15) is 5.52 Å². The molecule has 0 aliphatic rings. The Labute approximate surface area is 110 Å². The van der Waals surface area contributed by atoms with E-state index in [-0.39, 0.29) is 0 Å². The van der Waals surface area contributed by atoms with Crippen molar-refractivity contribution < 1.29 is 9.22 Å². The van der Waals surface area contributed by atoms with Crippen LogP contribution in [0.3, 0.4) is 0 Å². The van der Waals surface area contributed by atoms with E-state index in [0.29, 0.717) is 22.0 Å². The van der Waals surface area contributed by atoms with E-state index in [0.717, 1.165) is 0 Å². The summed E-state index contributed by atoms with van der Waals surface area (Å²) in [5.74, 6) is 0.458. The van der Waals surface area contributed by atoms with Crippen molar-refractivity contribution in [2.75, 3.05) is 28.2 Å². The molecule has 0 saturated heterocycles. The van der Waals surface area contributed by atoms with Gasteiger partial charge in [0.05, 0.1) is 28.2 Å². The molecule has 0 saturated carbocycles. The van der Waals surface area contributed by atoms with Gasteiger partial charge >= 0.3 is 5.96 Å². The van der Waals surface area contributed by atoms with Crippen molar-refractivity contribution in [3.63, 3.8) is 0 Å². The van der Waals surface area contributed by atoms with Crippen molar-refractivity contribution in [3.05, 3.63) is 28.4 Å². The first-order valence-corrected chi connectivity index (χ1v) is 5.79. The number of hydrogen-bond donors (Lipinski definition) is 0. The van der Waals surface area contributed by atoms with Crippen molar-refractivity contribution in [3.8, 4) is 0 Å². The molecule has 1 aromatic heterocycles. The molecular weight excluding hydrogens is 254 g/mol. The first-order valence-electron chi connectivity index (χ1n) is 5.42. The van der Waals surface area contributed by atoms with E-state index in [1.807, 2.05) is 0 Å². The summed E-state index contributed by atoms with van der Waals surface area (Å²) in [4.78, 5) is 0. The van der Waals surface area contributed by atoms with Crippen molar-refractivity contribution in [2.45, 2.75) is 0 Å². The Kier molecular flexibility index (Phi) is 3.10. The van der Waals surface area contributed by atoms with Crippen molar-refractivity contribution in [1.82, 2.24) is 15.0 Å². The lowest BCUT2D eigenvalue weighted by molar-refractivity contribution is -0.777. The van der Waals surface area contributed by atoms with Gasteiger partial charge in [-0.15, -0.1) is 5.10 Å². The third-order valence-electron chi connectivity index (χ3n) is 2.48. The number of hydroxylamine groups is 3. The van der Waals surface area contributed by atoms with Gasteiger partial charge in [-0.25, -0.2) is 4.58 Å². The van der Waals surface area contributed by atoms with Crippen LogP contribution < -0.4 is 0 Å². The molecule has 18 heavy (non-hydrogen) atoms. The molecule has 7 heteroatoms. The van der Waals surface area contributed by atoms with Crippen molar-refractivity contribution >= 4 is 28.6 Å². The Balaban J connectivity index is 2.74. The van der Waals surface area contributed by atoms with Crippen LogP contribution in [0.25, 0.3) is 11.0 Å². The summed E-state index contributed by atoms with van der Waals surface area (Å²) in [6.45, 7) is 0. The monoisotopic (exact) mass is 268 g/mol. The first kappa shape index (κ1) is 12.9. The molecule has 6 nitrogen and oxygen atoms in total. The van der Waals surface area contributed by atoms with E-state index >= 15 is 0 Å². The van der Waals surface area contributed by atoms with E-state index in [1.165, 1.54) is 18.8 Å². The average molecular weight is 269 g/mol. The molecule has 2 rings (SSSR count). The van der Waals surface area contributed by atoms with Crippen molar-refractivity contribution in [2.24, 2.45) is 0 Å². The van der Waals surface area contributed by atoms with Crippen LogP contribution >= 0.6 is 11.6 Å².